The Hall–Kier alpha value is -1.56. The standard InChI is InChI=1S/C16H19F3N2O/c17-16(18,19)12-5-1-2-6-13(12)21-10-4-8-15(14(21)22)7-3-9-20-11-15/h1-2,5-6,20H,3-4,7-11H2. The predicted molar refractivity (Wildman–Crippen MR) is 77.6 cm³/mol. The molecule has 22 heavy (non-hydrogen) atoms. The molecular formula is C16H19F3N2O. The van der Waals surface area contributed by atoms with Crippen molar-refractivity contribution in [2.45, 2.75) is 31.9 Å². The van der Waals surface area contributed by atoms with Gasteiger partial charge in [0.2, 0.25) is 5.91 Å². The van der Waals surface area contributed by atoms with Crippen LogP contribution in [0.5, 0.6) is 0 Å². The van der Waals surface area contributed by atoms with E-state index in [0.29, 0.717) is 13.1 Å². The largest absolute Gasteiger partial charge is 0.418 e. The monoisotopic (exact) mass is 312 g/mol. The zero-order valence-electron chi connectivity index (χ0n) is 12.2. The number of hydrogen-bond donors (Lipinski definition) is 1. The van der Waals surface area contributed by atoms with Crippen molar-refractivity contribution in [2.24, 2.45) is 5.41 Å². The molecule has 0 saturated carbocycles. The van der Waals surface area contributed by atoms with E-state index in [1.165, 1.54) is 17.0 Å². The fourth-order valence-electron chi connectivity index (χ4n) is 3.61. The van der Waals surface area contributed by atoms with E-state index in [9.17, 15) is 18.0 Å². The summed E-state index contributed by atoms with van der Waals surface area (Å²) >= 11 is 0. The molecule has 1 atom stereocenters. The van der Waals surface area contributed by atoms with Crippen molar-refractivity contribution in [1.29, 1.82) is 0 Å². The van der Waals surface area contributed by atoms with Gasteiger partial charge in [0.05, 0.1) is 16.7 Å². The number of anilines is 1. The Kier molecular flexibility index (Phi) is 3.89. The van der Waals surface area contributed by atoms with Crippen molar-refractivity contribution < 1.29 is 18.0 Å². The Labute approximate surface area is 127 Å². The third-order valence-corrected chi connectivity index (χ3v) is 4.71. The topological polar surface area (TPSA) is 32.3 Å². The second-order valence-corrected chi connectivity index (χ2v) is 6.14. The highest BCUT2D eigenvalue weighted by Gasteiger charge is 2.46. The summed E-state index contributed by atoms with van der Waals surface area (Å²) in [6.07, 6.45) is -1.32. The molecule has 2 fully saturated rings. The van der Waals surface area contributed by atoms with Gasteiger partial charge in [0.15, 0.2) is 0 Å². The van der Waals surface area contributed by atoms with Gasteiger partial charge in [-0.1, -0.05) is 12.1 Å². The zero-order chi connectivity index (χ0) is 15.8. The summed E-state index contributed by atoms with van der Waals surface area (Å²) in [5.74, 6) is -0.164. The summed E-state index contributed by atoms with van der Waals surface area (Å²) in [7, 11) is 0. The maximum absolute atomic E-state index is 13.2. The molecule has 120 valence electrons. The summed E-state index contributed by atoms with van der Waals surface area (Å²) in [6, 6.07) is 5.36. The van der Waals surface area contributed by atoms with E-state index in [4.69, 9.17) is 0 Å². The van der Waals surface area contributed by atoms with Gasteiger partial charge in [0, 0.05) is 13.1 Å². The van der Waals surface area contributed by atoms with Crippen LogP contribution in [-0.4, -0.2) is 25.5 Å². The molecule has 0 aliphatic carbocycles. The molecule has 3 rings (SSSR count). The fraction of sp³-hybridized carbons (Fsp3) is 0.562. The molecule has 1 N–H and O–H groups in total. The van der Waals surface area contributed by atoms with E-state index in [-0.39, 0.29) is 11.6 Å². The molecule has 1 aromatic carbocycles. The van der Waals surface area contributed by atoms with Crippen LogP contribution in [0, 0.1) is 5.41 Å². The Morgan fingerprint density at radius 3 is 2.55 bits per heavy atom. The van der Waals surface area contributed by atoms with Crippen molar-refractivity contribution in [3.05, 3.63) is 29.8 Å². The number of halogens is 3. The lowest BCUT2D eigenvalue weighted by Gasteiger charge is -2.44. The minimum Gasteiger partial charge on any atom is -0.316 e. The molecule has 1 aromatic rings. The van der Waals surface area contributed by atoms with Gasteiger partial charge in [-0.25, -0.2) is 0 Å². The Morgan fingerprint density at radius 1 is 1.14 bits per heavy atom. The second kappa shape index (κ2) is 5.57. The van der Waals surface area contributed by atoms with Crippen LogP contribution < -0.4 is 10.2 Å². The number of benzene rings is 1. The lowest BCUT2D eigenvalue weighted by Crippen LogP contribution is -2.55. The number of alkyl halides is 3. The highest BCUT2D eigenvalue weighted by Crippen LogP contribution is 2.42. The molecule has 1 unspecified atom stereocenters. The van der Waals surface area contributed by atoms with Gasteiger partial charge < -0.3 is 10.2 Å². The number of piperidine rings is 2. The predicted octanol–water partition coefficient (Wildman–Crippen LogP) is 3.20. The van der Waals surface area contributed by atoms with Crippen molar-refractivity contribution in [3.8, 4) is 0 Å². The van der Waals surface area contributed by atoms with Crippen molar-refractivity contribution in [1.82, 2.24) is 5.32 Å². The SMILES string of the molecule is O=C1N(c2ccccc2C(F)(F)F)CCCC12CCCNC2. The van der Waals surface area contributed by atoms with Crippen LogP contribution in [0.1, 0.15) is 31.2 Å². The van der Waals surface area contributed by atoms with Crippen LogP contribution in [-0.2, 0) is 11.0 Å². The Morgan fingerprint density at radius 2 is 1.86 bits per heavy atom. The molecule has 0 bridgehead atoms. The molecule has 0 aromatic heterocycles. The molecule has 2 aliphatic rings. The molecule has 3 nitrogen and oxygen atoms in total. The summed E-state index contributed by atoms with van der Waals surface area (Å²) in [5.41, 5.74) is -1.27. The number of hydrogen-bond acceptors (Lipinski definition) is 2. The molecule has 6 heteroatoms. The Bertz CT molecular complexity index is 559. The van der Waals surface area contributed by atoms with Gasteiger partial charge in [0.25, 0.3) is 0 Å². The van der Waals surface area contributed by atoms with Crippen LogP contribution in [0.25, 0.3) is 0 Å². The van der Waals surface area contributed by atoms with Gasteiger partial charge in [-0.15, -0.1) is 0 Å². The van der Waals surface area contributed by atoms with Crippen LogP contribution in [0.3, 0.4) is 0 Å². The summed E-state index contributed by atoms with van der Waals surface area (Å²) in [5, 5.41) is 3.22. The number of amides is 1. The van der Waals surface area contributed by atoms with E-state index in [1.54, 1.807) is 6.07 Å². The third kappa shape index (κ3) is 2.60. The van der Waals surface area contributed by atoms with E-state index in [1.807, 2.05) is 0 Å². The van der Waals surface area contributed by atoms with E-state index < -0.39 is 17.2 Å². The maximum Gasteiger partial charge on any atom is 0.418 e. The van der Waals surface area contributed by atoms with Crippen molar-refractivity contribution in [3.63, 3.8) is 0 Å². The van der Waals surface area contributed by atoms with Gasteiger partial charge in [-0.2, -0.15) is 13.2 Å². The lowest BCUT2D eigenvalue weighted by atomic mass is 9.73. The molecular weight excluding hydrogens is 293 g/mol. The smallest absolute Gasteiger partial charge is 0.316 e. The quantitative estimate of drug-likeness (QED) is 0.863. The molecule has 2 heterocycles. The number of rotatable bonds is 1. The van der Waals surface area contributed by atoms with E-state index >= 15 is 0 Å². The van der Waals surface area contributed by atoms with Crippen LogP contribution in [0.4, 0.5) is 18.9 Å². The molecule has 2 aliphatic heterocycles. The number of nitrogens with one attached hydrogen (secondary N) is 1. The zero-order valence-corrected chi connectivity index (χ0v) is 12.2. The van der Waals surface area contributed by atoms with E-state index in [2.05, 4.69) is 5.32 Å². The minimum atomic E-state index is -4.45. The number of para-hydroxylation sites is 1. The van der Waals surface area contributed by atoms with Crippen molar-refractivity contribution >= 4 is 11.6 Å². The summed E-state index contributed by atoms with van der Waals surface area (Å²) in [4.78, 5) is 14.2. The van der Waals surface area contributed by atoms with Crippen LogP contribution in [0.2, 0.25) is 0 Å². The first-order valence-corrected chi connectivity index (χ1v) is 7.63. The van der Waals surface area contributed by atoms with Crippen molar-refractivity contribution in [2.75, 3.05) is 24.5 Å². The second-order valence-electron chi connectivity index (χ2n) is 6.14. The normalized spacial score (nSPS) is 26.5. The molecule has 0 radical (unpaired) electrons. The number of carbonyl (C=O) groups excluding carboxylic acids is 1. The first-order valence-electron chi connectivity index (χ1n) is 7.63. The van der Waals surface area contributed by atoms with Gasteiger partial charge in [-0.05, 0) is 44.4 Å². The average Bonchev–Trinajstić information content (AvgIpc) is 2.50. The highest BCUT2D eigenvalue weighted by molar-refractivity contribution is 5.99. The number of carbonyl (C=O) groups is 1. The number of nitrogens with zero attached hydrogens (tertiary/aromatic N) is 1. The van der Waals surface area contributed by atoms with Crippen LogP contribution in [0.15, 0.2) is 24.3 Å². The fourth-order valence-corrected chi connectivity index (χ4v) is 3.61. The molecule has 1 spiro atoms. The molecule has 2 saturated heterocycles. The van der Waals surface area contributed by atoms with Gasteiger partial charge in [0.1, 0.15) is 0 Å². The van der Waals surface area contributed by atoms with Gasteiger partial charge >= 0.3 is 6.18 Å². The lowest BCUT2D eigenvalue weighted by molar-refractivity contribution is -0.137. The van der Waals surface area contributed by atoms with Gasteiger partial charge in [-0.3, -0.25) is 4.79 Å². The summed E-state index contributed by atoms with van der Waals surface area (Å²) < 4.78 is 39.6. The summed E-state index contributed by atoms with van der Waals surface area (Å²) in [6.45, 7) is 1.79. The van der Waals surface area contributed by atoms with E-state index in [0.717, 1.165) is 38.3 Å². The average molecular weight is 312 g/mol. The molecule has 1 amide bonds. The minimum absolute atomic E-state index is 0.00958. The third-order valence-electron chi connectivity index (χ3n) is 4.71. The first kappa shape index (κ1) is 15.3. The Balaban J connectivity index is 1.97. The maximum atomic E-state index is 13.2. The van der Waals surface area contributed by atoms with Crippen LogP contribution >= 0.6 is 0 Å². The highest BCUT2D eigenvalue weighted by atomic mass is 19.4. The first-order chi connectivity index (χ1) is 10.4.